The van der Waals surface area contributed by atoms with Crippen LogP contribution in [-0.4, -0.2) is 10.8 Å². The summed E-state index contributed by atoms with van der Waals surface area (Å²) in [5, 5.41) is 13.5. The number of carbonyl (C=O) groups excluding carboxylic acids is 1. The smallest absolute Gasteiger partial charge is 0.274 e. The van der Waals surface area contributed by atoms with Gasteiger partial charge in [0.25, 0.3) is 5.69 Å². The molecule has 1 aromatic carbocycles. The SMILES string of the molecule is Cc1ccc(NC(=O)C2CCC2)cc1[N+](=O)[O-]. The van der Waals surface area contributed by atoms with E-state index in [-0.39, 0.29) is 17.5 Å². The Hall–Kier alpha value is -1.91. The average Bonchev–Trinajstić information content (AvgIpc) is 2.17. The van der Waals surface area contributed by atoms with Gasteiger partial charge in [-0.15, -0.1) is 0 Å². The molecule has 1 saturated carbocycles. The molecular weight excluding hydrogens is 220 g/mol. The molecule has 0 spiro atoms. The second kappa shape index (κ2) is 4.53. The van der Waals surface area contributed by atoms with Crippen LogP contribution in [0.3, 0.4) is 0 Å². The van der Waals surface area contributed by atoms with Crippen molar-refractivity contribution in [3.8, 4) is 0 Å². The second-order valence-electron chi connectivity index (χ2n) is 4.38. The molecule has 0 saturated heterocycles. The molecule has 0 heterocycles. The highest BCUT2D eigenvalue weighted by atomic mass is 16.6. The third-order valence-electron chi connectivity index (χ3n) is 3.15. The monoisotopic (exact) mass is 234 g/mol. The minimum Gasteiger partial charge on any atom is -0.326 e. The summed E-state index contributed by atoms with van der Waals surface area (Å²) in [4.78, 5) is 22.0. The largest absolute Gasteiger partial charge is 0.326 e. The molecule has 0 bridgehead atoms. The van der Waals surface area contributed by atoms with Gasteiger partial charge >= 0.3 is 0 Å². The van der Waals surface area contributed by atoms with Crippen LogP contribution in [0, 0.1) is 23.0 Å². The summed E-state index contributed by atoms with van der Waals surface area (Å²) in [5.41, 5.74) is 1.13. The lowest BCUT2D eigenvalue weighted by atomic mass is 9.85. The third kappa shape index (κ3) is 2.43. The summed E-state index contributed by atoms with van der Waals surface area (Å²) in [7, 11) is 0. The van der Waals surface area contributed by atoms with Crippen molar-refractivity contribution in [3.05, 3.63) is 33.9 Å². The number of amides is 1. The first-order valence-corrected chi connectivity index (χ1v) is 5.64. The van der Waals surface area contributed by atoms with Crippen molar-refractivity contribution >= 4 is 17.3 Å². The zero-order valence-corrected chi connectivity index (χ0v) is 9.60. The first-order chi connectivity index (χ1) is 8.08. The Morgan fingerprint density at radius 2 is 2.18 bits per heavy atom. The fourth-order valence-electron chi connectivity index (χ4n) is 1.80. The molecule has 1 N–H and O–H groups in total. The van der Waals surface area contributed by atoms with Crippen molar-refractivity contribution in [2.24, 2.45) is 5.92 Å². The lowest BCUT2D eigenvalue weighted by Crippen LogP contribution is -2.28. The predicted molar refractivity (Wildman–Crippen MR) is 63.8 cm³/mol. The summed E-state index contributed by atoms with van der Waals surface area (Å²) in [6.45, 7) is 1.68. The van der Waals surface area contributed by atoms with E-state index in [0.717, 1.165) is 19.3 Å². The highest BCUT2D eigenvalue weighted by Crippen LogP contribution is 2.28. The summed E-state index contributed by atoms with van der Waals surface area (Å²) in [6, 6.07) is 4.75. The van der Waals surface area contributed by atoms with Crippen LogP contribution in [0.4, 0.5) is 11.4 Å². The maximum Gasteiger partial charge on any atom is 0.274 e. The van der Waals surface area contributed by atoms with Crippen LogP contribution in [0.5, 0.6) is 0 Å². The standard InChI is InChI=1S/C12H14N2O3/c1-8-5-6-10(7-11(8)14(16)17)13-12(15)9-3-2-4-9/h5-7,9H,2-4H2,1H3,(H,13,15). The molecule has 0 unspecified atom stereocenters. The van der Waals surface area contributed by atoms with Gasteiger partial charge in [0.2, 0.25) is 5.91 Å². The molecule has 1 amide bonds. The molecular formula is C12H14N2O3. The van der Waals surface area contributed by atoms with Crippen molar-refractivity contribution in [2.45, 2.75) is 26.2 Å². The fourth-order valence-corrected chi connectivity index (χ4v) is 1.80. The molecule has 0 atom stereocenters. The van der Waals surface area contributed by atoms with Gasteiger partial charge in [0.05, 0.1) is 4.92 Å². The Kier molecular flexibility index (Phi) is 3.08. The number of anilines is 1. The van der Waals surface area contributed by atoms with Crippen molar-refractivity contribution in [3.63, 3.8) is 0 Å². The van der Waals surface area contributed by atoms with E-state index in [1.165, 1.54) is 6.07 Å². The lowest BCUT2D eigenvalue weighted by Gasteiger charge is -2.24. The number of nitro benzene ring substituents is 1. The number of nitrogens with zero attached hydrogens (tertiary/aromatic N) is 1. The van der Waals surface area contributed by atoms with Crippen molar-refractivity contribution in [1.82, 2.24) is 0 Å². The van der Waals surface area contributed by atoms with Gasteiger partial charge in [-0.05, 0) is 25.8 Å². The lowest BCUT2D eigenvalue weighted by molar-refractivity contribution is -0.385. The first-order valence-electron chi connectivity index (χ1n) is 5.64. The van der Waals surface area contributed by atoms with Crippen LogP contribution in [0.15, 0.2) is 18.2 Å². The molecule has 90 valence electrons. The van der Waals surface area contributed by atoms with Crippen LogP contribution in [0.1, 0.15) is 24.8 Å². The first kappa shape index (κ1) is 11.6. The van der Waals surface area contributed by atoms with E-state index in [0.29, 0.717) is 11.3 Å². The number of aryl methyl sites for hydroxylation is 1. The number of benzene rings is 1. The zero-order chi connectivity index (χ0) is 12.4. The Labute approximate surface area is 99.0 Å². The molecule has 1 aliphatic carbocycles. The van der Waals surface area contributed by atoms with Gasteiger partial charge in [0, 0.05) is 23.2 Å². The van der Waals surface area contributed by atoms with Crippen molar-refractivity contribution in [1.29, 1.82) is 0 Å². The second-order valence-corrected chi connectivity index (χ2v) is 4.38. The maximum atomic E-state index is 11.7. The van der Waals surface area contributed by atoms with Crippen molar-refractivity contribution in [2.75, 3.05) is 5.32 Å². The number of hydrogen-bond donors (Lipinski definition) is 1. The molecule has 0 aromatic heterocycles. The Bertz CT molecular complexity index is 467. The minimum atomic E-state index is -0.436. The predicted octanol–water partition coefficient (Wildman–Crippen LogP) is 2.64. The average molecular weight is 234 g/mol. The van der Waals surface area contributed by atoms with Crippen molar-refractivity contribution < 1.29 is 9.72 Å². The van der Waals surface area contributed by atoms with E-state index in [1.54, 1.807) is 19.1 Å². The van der Waals surface area contributed by atoms with E-state index in [1.807, 2.05) is 0 Å². The minimum absolute atomic E-state index is 0.0330. The number of nitrogens with one attached hydrogen (secondary N) is 1. The van der Waals surface area contributed by atoms with Gasteiger partial charge in [-0.2, -0.15) is 0 Å². The molecule has 1 aromatic rings. The van der Waals surface area contributed by atoms with Crippen LogP contribution < -0.4 is 5.32 Å². The van der Waals surface area contributed by atoms with Gasteiger partial charge in [-0.25, -0.2) is 0 Å². The molecule has 17 heavy (non-hydrogen) atoms. The van der Waals surface area contributed by atoms with E-state index < -0.39 is 4.92 Å². The molecule has 1 aliphatic rings. The van der Waals surface area contributed by atoms with E-state index in [4.69, 9.17) is 0 Å². The van der Waals surface area contributed by atoms with Gasteiger partial charge < -0.3 is 5.32 Å². The summed E-state index contributed by atoms with van der Waals surface area (Å²) in [5.74, 6) is 0.0461. The summed E-state index contributed by atoms with van der Waals surface area (Å²) in [6.07, 6.45) is 2.92. The van der Waals surface area contributed by atoms with Crippen LogP contribution >= 0.6 is 0 Å². The van der Waals surface area contributed by atoms with E-state index >= 15 is 0 Å². The van der Waals surface area contributed by atoms with E-state index in [2.05, 4.69) is 5.32 Å². The van der Waals surface area contributed by atoms with Gasteiger partial charge in [0.15, 0.2) is 0 Å². The van der Waals surface area contributed by atoms with Crippen LogP contribution in [0.2, 0.25) is 0 Å². The molecule has 0 radical (unpaired) electrons. The number of rotatable bonds is 3. The maximum absolute atomic E-state index is 11.7. The Morgan fingerprint density at radius 1 is 1.47 bits per heavy atom. The quantitative estimate of drug-likeness (QED) is 0.645. The molecule has 5 nitrogen and oxygen atoms in total. The Balaban J connectivity index is 2.13. The third-order valence-corrected chi connectivity index (χ3v) is 3.15. The van der Waals surface area contributed by atoms with Crippen LogP contribution in [-0.2, 0) is 4.79 Å². The van der Waals surface area contributed by atoms with Gasteiger partial charge in [-0.1, -0.05) is 12.5 Å². The highest BCUT2D eigenvalue weighted by molar-refractivity contribution is 5.93. The van der Waals surface area contributed by atoms with E-state index in [9.17, 15) is 14.9 Å². The number of hydrogen-bond acceptors (Lipinski definition) is 3. The van der Waals surface area contributed by atoms with Gasteiger partial charge in [0.1, 0.15) is 0 Å². The zero-order valence-electron chi connectivity index (χ0n) is 9.60. The fraction of sp³-hybridized carbons (Fsp3) is 0.417. The molecule has 5 heteroatoms. The topological polar surface area (TPSA) is 72.2 Å². The highest BCUT2D eigenvalue weighted by Gasteiger charge is 2.25. The molecule has 1 fully saturated rings. The van der Waals surface area contributed by atoms with Crippen LogP contribution in [0.25, 0.3) is 0 Å². The molecule has 0 aliphatic heterocycles. The number of carbonyl (C=O) groups is 1. The normalized spacial score (nSPS) is 15.1. The summed E-state index contributed by atoms with van der Waals surface area (Å²) < 4.78 is 0. The Morgan fingerprint density at radius 3 is 2.71 bits per heavy atom. The molecule has 2 rings (SSSR count). The van der Waals surface area contributed by atoms with Gasteiger partial charge in [-0.3, -0.25) is 14.9 Å². The number of nitro groups is 1. The summed E-state index contributed by atoms with van der Waals surface area (Å²) >= 11 is 0.